The lowest BCUT2D eigenvalue weighted by Crippen LogP contribution is -2.44. The quantitative estimate of drug-likeness (QED) is 0.877. The molecule has 4 rings (SSSR count). The SMILES string of the molecule is O=C(CN1CC[C@]2(CCC1=O)CC(=O)c1ccccc1O2)NCc1ccco1. The fraction of sp³-hybridized carbons (Fsp3) is 0.381. The second-order valence-electron chi connectivity index (χ2n) is 7.30. The van der Waals surface area contributed by atoms with Crippen molar-refractivity contribution in [2.75, 3.05) is 13.1 Å². The Hall–Kier alpha value is -3.09. The number of nitrogens with zero attached hydrogens (tertiary/aromatic N) is 1. The van der Waals surface area contributed by atoms with Crippen molar-refractivity contribution in [3.63, 3.8) is 0 Å². The molecule has 0 saturated carbocycles. The van der Waals surface area contributed by atoms with Gasteiger partial charge in [-0.3, -0.25) is 14.4 Å². The number of ketones is 1. The summed E-state index contributed by atoms with van der Waals surface area (Å²) in [6.45, 7) is 0.648. The van der Waals surface area contributed by atoms with Gasteiger partial charge in [0.1, 0.15) is 17.1 Å². The van der Waals surface area contributed by atoms with Gasteiger partial charge in [0.25, 0.3) is 0 Å². The van der Waals surface area contributed by atoms with E-state index in [1.165, 1.54) is 0 Å². The number of ether oxygens (including phenoxy) is 1. The van der Waals surface area contributed by atoms with Crippen molar-refractivity contribution in [2.24, 2.45) is 0 Å². The Kier molecular flexibility index (Phi) is 4.90. The fourth-order valence-corrected chi connectivity index (χ4v) is 3.80. The van der Waals surface area contributed by atoms with Crippen molar-refractivity contribution in [2.45, 2.75) is 37.8 Å². The standard InChI is InChI=1S/C21H22N2O5/c24-17-12-21(28-18-6-2-1-5-16(17)18)8-7-20(26)23(10-9-21)14-19(25)22-13-15-4-3-11-27-15/h1-6,11H,7-10,12-14H2,(H,22,25)/t21-/m1/s1. The summed E-state index contributed by atoms with van der Waals surface area (Å²) < 4.78 is 11.4. The molecule has 2 aliphatic heterocycles. The predicted octanol–water partition coefficient (Wildman–Crippen LogP) is 2.31. The molecule has 0 radical (unpaired) electrons. The van der Waals surface area contributed by atoms with Crippen molar-refractivity contribution >= 4 is 17.6 Å². The molecule has 1 N–H and O–H groups in total. The average Bonchev–Trinajstić information content (AvgIpc) is 3.17. The van der Waals surface area contributed by atoms with Gasteiger partial charge in [-0.2, -0.15) is 0 Å². The normalized spacial score (nSPS) is 21.8. The molecule has 7 nitrogen and oxygen atoms in total. The predicted molar refractivity (Wildman–Crippen MR) is 99.7 cm³/mol. The lowest BCUT2D eigenvalue weighted by molar-refractivity contribution is -0.135. The van der Waals surface area contributed by atoms with Crippen LogP contribution in [0.3, 0.4) is 0 Å². The number of nitrogens with one attached hydrogen (secondary N) is 1. The molecule has 2 aromatic rings. The zero-order valence-corrected chi connectivity index (χ0v) is 15.5. The van der Waals surface area contributed by atoms with E-state index in [4.69, 9.17) is 9.15 Å². The number of likely N-dealkylation sites (tertiary alicyclic amines) is 1. The van der Waals surface area contributed by atoms with Gasteiger partial charge in [-0.25, -0.2) is 0 Å². The molecule has 1 spiro atoms. The number of hydrogen-bond donors (Lipinski definition) is 1. The maximum atomic E-state index is 12.6. The highest BCUT2D eigenvalue weighted by atomic mass is 16.5. The van der Waals surface area contributed by atoms with E-state index in [2.05, 4.69) is 5.32 Å². The summed E-state index contributed by atoms with van der Waals surface area (Å²) >= 11 is 0. The first-order valence-corrected chi connectivity index (χ1v) is 9.43. The first kappa shape index (κ1) is 18.3. The van der Waals surface area contributed by atoms with Gasteiger partial charge in [0.15, 0.2) is 5.78 Å². The number of benzene rings is 1. The smallest absolute Gasteiger partial charge is 0.240 e. The minimum atomic E-state index is -0.680. The second-order valence-corrected chi connectivity index (χ2v) is 7.30. The van der Waals surface area contributed by atoms with Gasteiger partial charge >= 0.3 is 0 Å². The minimum absolute atomic E-state index is 0.0137. The topological polar surface area (TPSA) is 88.9 Å². The average molecular weight is 382 g/mol. The van der Waals surface area contributed by atoms with Crippen LogP contribution in [0, 0.1) is 0 Å². The molecule has 0 unspecified atom stereocenters. The molecule has 0 bridgehead atoms. The number of furan rings is 1. The van der Waals surface area contributed by atoms with E-state index in [0.29, 0.717) is 36.5 Å². The zero-order chi connectivity index (χ0) is 19.6. The first-order valence-electron chi connectivity index (χ1n) is 9.43. The van der Waals surface area contributed by atoms with Crippen LogP contribution in [0.25, 0.3) is 0 Å². The van der Waals surface area contributed by atoms with Crippen LogP contribution in [-0.2, 0) is 16.1 Å². The van der Waals surface area contributed by atoms with Crippen LogP contribution in [0.15, 0.2) is 47.1 Å². The molecular weight excluding hydrogens is 360 g/mol. The monoisotopic (exact) mass is 382 g/mol. The third-order valence-corrected chi connectivity index (χ3v) is 5.36. The number of carbonyl (C=O) groups excluding carboxylic acids is 3. The van der Waals surface area contributed by atoms with Gasteiger partial charge in [0, 0.05) is 19.4 Å². The van der Waals surface area contributed by atoms with Crippen LogP contribution < -0.4 is 10.1 Å². The number of carbonyl (C=O) groups is 3. The summed E-state index contributed by atoms with van der Waals surface area (Å²) in [7, 11) is 0. The van der Waals surface area contributed by atoms with E-state index in [-0.39, 0.29) is 43.5 Å². The highest BCUT2D eigenvalue weighted by Gasteiger charge is 2.43. The van der Waals surface area contributed by atoms with Crippen LogP contribution in [0.5, 0.6) is 5.75 Å². The lowest BCUT2D eigenvalue weighted by Gasteiger charge is -2.37. The van der Waals surface area contributed by atoms with Crippen LogP contribution in [0.1, 0.15) is 41.8 Å². The molecule has 1 aromatic heterocycles. The molecule has 1 saturated heterocycles. The summed E-state index contributed by atoms with van der Waals surface area (Å²) in [6.07, 6.45) is 3.04. The van der Waals surface area contributed by atoms with E-state index in [0.717, 1.165) is 0 Å². The zero-order valence-electron chi connectivity index (χ0n) is 15.5. The molecule has 1 atom stereocenters. The number of amides is 2. The van der Waals surface area contributed by atoms with Crippen LogP contribution in [0.4, 0.5) is 0 Å². The van der Waals surface area contributed by atoms with Crippen LogP contribution in [0.2, 0.25) is 0 Å². The minimum Gasteiger partial charge on any atom is -0.486 e. The summed E-state index contributed by atoms with van der Waals surface area (Å²) in [6, 6.07) is 10.7. The van der Waals surface area contributed by atoms with E-state index >= 15 is 0 Å². The third kappa shape index (κ3) is 3.78. The molecule has 7 heteroatoms. The van der Waals surface area contributed by atoms with Gasteiger partial charge in [0.2, 0.25) is 11.8 Å². The molecule has 3 heterocycles. The van der Waals surface area contributed by atoms with Crippen molar-refractivity contribution in [1.29, 1.82) is 0 Å². The Balaban J connectivity index is 1.39. The Labute approximate surface area is 162 Å². The van der Waals surface area contributed by atoms with Crippen LogP contribution >= 0.6 is 0 Å². The molecule has 146 valence electrons. The van der Waals surface area contributed by atoms with Gasteiger partial charge in [-0.15, -0.1) is 0 Å². The van der Waals surface area contributed by atoms with E-state index in [9.17, 15) is 14.4 Å². The Morgan fingerprint density at radius 3 is 2.82 bits per heavy atom. The second kappa shape index (κ2) is 7.50. The molecular formula is C21H22N2O5. The Morgan fingerprint density at radius 1 is 1.14 bits per heavy atom. The van der Waals surface area contributed by atoms with Gasteiger partial charge in [-0.05, 0) is 30.7 Å². The summed E-state index contributed by atoms with van der Waals surface area (Å²) in [5.41, 5.74) is -0.0848. The fourth-order valence-electron chi connectivity index (χ4n) is 3.80. The lowest BCUT2D eigenvalue weighted by atomic mass is 9.84. The van der Waals surface area contributed by atoms with Gasteiger partial charge in [-0.1, -0.05) is 12.1 Å². The van der Waals surface area contributed by atoms with Crippen LogP contribution in [-0.4, -0.2) is 41.2 Å². The maximum absolute atomic E-state index is 12.6. The highest BCUT2D eigenvalue weighted by molar-refractivity contribution is 6.00. The largest absolute Gasteiger partial charge is 0.486 e. The summed E-state index contributed by atoms with van der Waals surface area (Å²) in [5, 5.41) is 2.75. The molecule has 2 aliphatic rings. The number of hydrogen-bond acceptors (Lipinski definition) is 5. The van der Waals surface area contributed by atoms with Gasteiger partial charge < -0.3 is 19.4 Å². The van der Waals surface area contributed by atoms with Gasteiger partial charge in [0.05, 0.1) is 31.3 Å². The third-order valence-electron chi connectivity index (χ3n) is 5.36. The molecule has 28 heavy (non-hydrogen) atoms. The number of Topliss-reactive ketones (excluding diaryl/α,β-unsaturated/α-hetero) is 1. The molecule has 1 fully saturated rings. The number of fused-ring (bicyclic) bond motifs is 1. The summed E-state index contributed by atoms with van der Waals surface area (Å²) in [5.74, 6) is 0.934. The molecule has 2 amide bonds. The Morgan fingerprint density at radius 2 is 2.00 bits per heavy atom. The van der Waals surface area contributed by atoms with E-state index in [1.54, 1.807) is 35.4 Å². The Bertz CT molecular complexity index is 892. The van der Waals surface area contributed by atoms with Crippen molar-refractivity contribution in [3.05, 3.63) is 54.0 Å². The number of para-hydroxylation sites is 1. The van der Waals surface area contributed by atoms with E-state index in [1.807, 2.05) is 12.1 Å². The first-order chi connectivity index (χ1) is 13.5. The summed E-state index contributed by atoms with van der Waals surface area (Å²) in [4.78, 5) is 38.8. The van der Waals surface area contributed by atoms with E-state index < -0.39 is 5.60 Å². The number of rotatable bonds is 4. The highest BCUT2D eigenvalue weighted by Crippen LogP contribution is 2.39. The van der Waals surface area contributed by atoms with Crippen molar-refractivity contribution < 1.29 is 23.5 Å². The van der Waals surface area contributed by atoms with Crippen molar-refractivity contribution in [3.8, 4) is 5.75 Å². The molecule has 0 aliphatic carbocycles. The maximum Gasteiger partial charge on any atom is 0.240 e. The van der Waals surface area contributed by atoms with Crippen molar-refractivity contribution in [1.82, 2.24) is 10.2 Å². The molecule has 1 aromatic carbocycles.